The first-order valence-corrected chi connectivity index (χ1v) is 6.61. The Bertz CT molecular complexity index is 805. The van der Waals surface area contributed by atoms with Gasteiger partial charge in [0, 0.05) is 24.9 Å². The number of nitrogens with zero attached hydrogens (tertiary/aromatic N) is 1. The predicted octanol–water partition coefficient (Wildman–Crippen LogP) is 4.33. The monoisotopic (exact) mass is 308 g/mol. The number of aryl methyl sites for hydroxylation is 1. The second-order valence-corrected chi connectivity index (χ2v) is 5.16. The second-order valence-electron chi connectivity index (χ2n) is 4.34. The Kier molecular flexibility index (Phi) is 3.20. The second kappa shape index (κ2) is 4.89. The van der Waals surface area contributed by atoms with Gasteiger partial charge in [0.25, 0.3) is 5.91 Å². The van der Waals surface area contributed by atoms with Crippen LogP contribution in [-0.4, -0.2) is 10.5 Å². The number of carbonyl (C=O) groups excluding carboxylic acids is 1. The van der Waals surface area contributed by atoms with Gasteiger partial charge in [-0.3, -0.25) is 4.79 Å². The largest absolute Gasteiger partial charge is 0.463 e. The number of amides is 1. The molecule has 20 heavy (non-hydrogen) atoms. The van der Waals surface area contributed by atoms with Gasteiger partial charge in [0.2, 0.25) is 0 Å². The van der Waals surface area contributed by atoms with Gasteiger partial charge in [-0.15, -0.1) is 0 Å². The Morgan fingerprint density at radius 2 is 2.00 bits per heavy atom. The molecule has 3 aromatic rings. The minimum absolute atomic E-state index is 0.239. The summed E-state index contributed by atoms with van der Waals surface area (Å²) in [6.45, 7) is 0. The van der Waals surface area contributed by atoms with Crippen molar-refractivity contribution in [3.8, 4) is 0 Å². The fourth-order valence-corrected chi connectivity index (χ4v) is 2.34. The third-order valence-electron chi connectivity index (χ3n) is 3.07. The van der Waals surface area contributed by atoms with Crippen molar-refractivity contribution in [1.82, 2.24) is 4.57 Å². The lowest BCUT2D eigenvalue weighted by molar-refractivity contribution is 0.101. The standard InChI is InChI=1S/C14H10Cl2N2O2/c1-18-11-4-5-20-13(11)7-12(18)14(19)17-8-2-3-9(15)10(16)6-8/h2-7H,1H3,(H,17,19). The van der Waals surface area contributed by atoms with E-state index in [1.165, 1.54) is 0 Å². The van der Waals surface area contributed by atoms with Crippen molar-refractivity contribution in [3.63, 3.8) is 0 Å². The van der Waals surface area contributed by atoms with Gasteiger partial charge in [0.15, 0.2) is 5.58 Å². The van der Waals surface area contributed by atoms with E-state index in [1.54, 1.807) is 35.1 Å². The molecular formula is C14H10Cl2N2O2. The van der Waals surface area contributed by atoms with Crippen LogP contribution in [0.1, 0.15) is 10.5 Å². The molecular weight excluding hydrogens is 299 g/mol. The topological polar surface area (TPSA) is 47.2 Å². The number of furan rings is 1. The SMILES string of the molecule is Cn1c(C(=O)Nc2ccc(Cl)c(Cl)c2)cc2occc21. The van der Waals surface area contributed by atoms with Crippen LogP contribution in [0.25, 0.3) is 11.1 Å². The van der Waals surface area contributed by atoms with Crippen LogP contribution in [0.2, 0.25) is 10.0 Å². The van der Waals surface area contributed by atoms with Gasteiger partial charge >= 0.3 is 0 Å². The normalized spacial score (nSPS) is 10.9. The fraction of sp³-hybridized carbons (Fsp3) is 0.0714. The highest BCUT2D eigenvalue weighted by Gasteiger charge is 2.15. The summed E-state index contributed by atoms with van der Waals surface area (Å²) in [5.41, 5.74) is 2.63. The molecule has 0 aliphatic carbocycles. The highest BCUT2D eigenvalue weighted by Crippen LogP contribution is 2.26. The number of fused-ring (bicyclic) bond motifs is 1. The lowest BCUT2D eigenvalue weighted by Crippen LogP contribution is -2.15. The van der Waals surface area contributed by atoms with E-state index in [0.29, 0.717) is 27.0 Å². The molecule has 1 N–H and O–H groups in total. The molecule has 0 spiro atoms. The van der Waals surface area contributed by atoms with Crippen LogP contribution in [-0.2, 0) is 7.05 Å². The van der Waals surface area contributed by atoms with Gasteiger partial charge in [-0.2, -0.15) is 0 Å². The van der Waals surface area contributed by atoms with Crippen molar-refractivity contribution < 1.29 is 9.21 Å². The van der Waals surface area contributed by atoms with E-state index in [9.17, 15) is 4.79 Å². The maximum Gasteiger partial charge on any atom is 0.272 e. The van der Waals surface area contributed by atoms with Crippen LogP contribution in [0.3, 0.4) is 0 Å². The molecule has 102 valence electrons. The molecule has 2 heterocycles. The average molecular weight is 309 g/mol. The van der Waals surface area contributed by atoms with Crippen molar-refractivity contribution >= 4 is 45.9 Å². The number of hydrogen-bond acceptors (Lipinski definition) is 2. The maximum atomic E-state index is 12.2. The summed E-state index contributed by atoms with van der Waals surface area (Å²) in [5, 5.41) is 3.61. The summed E-state index contributed by atoms with van der Waals surface area (Å²) in [7, 11) is 1.81. The Labute approximate surface area is 124 Å². The van der Waals surface area contributed by atoms with Gasteiger partial charge in [0.05, 0.1) is 21.8 Å². The minimum atomic E-state index is -0.239. The molecule has 0 fully saturated rings. The van der Waals surface area contributed by atoms with Crippen molar-refractivity contribution in [1.29, 1.82) is 0 Å². The molecule has 3 rings (SSSR count). The molecule has 0 saturated carbocycles. The quantitative estimate of drug-likeness (QED) is 0.766. The molecule has 0 radical (unpaired) electrons. The van der Waals surface area contributed by atoms with Gasteiger partial charge in [0.1, 0.15) is 5.69 Å². The molecule has 4 nitrogen and oxygen atoms in total. The zero-order valence-electron chi connectivity index (χ0n) is 10.5. The lowest BCUT2D eigenvalue weighted by atomic mass is 10.3. The Morgan fingerprint density at radius 1 is 1.20 bits per heavy atom. The number of hydrogen-bond donors (Lipinski definition) is 1. The highest BCUT2D eigenvalue weighted by atomic mass is 35.5. The summed E-state index contributed by atoms with van der Waals surface area (Å²) in [4.78, 5) is 12.2. The van der Waals surface area contributed by atoms with Gasteiger partial charge in [-0.05, 0) is 18.2 Å². The van der Waals surface area contributed by atoms with Crippen molar-refractivity contribution in [3.05, 3.63) is 52.3 Å². The van der Waals surface area contributed by atoms with E-state index in [0.717, 1.165) is 5.52 Å². The summed E-state index contributed by atoms with van der Waals surface area (Å²) in [6.07, 6.45) is 1.59. The van der Waals surface area contributed by atoms with E-state index in [4.69, 9.17) is 27.6 Å². The molecule has 2 aromatic heterocycles. The number of aromatic nitrogens is 1. The van der Waals surface area contributed by atoms with E-state index in [2.05, 4.69) is 5.32 Å². The van der Waals surface area contributed by atoms with Crippen LogP contribution in [0.4, 0.5) is 5.69 Å². The van der Waals surface area contributed by atoms with E-state index >= 15 is 0 Å². The maximum absolute atomic E-state index is 12.2. The van der Waals surface area contributed by atoms with Crippen LogP contribution in [0, 0.1) is 0 Å². The van der Waals surface area contributed by atoms with Gasteiger partial charge < -0.3 is 14.3 Å². The van der Waals surface area contributed by atoms with E-state index < -0.39 is 0 Å². The summed E-state index contributed by atoms with van der Waals surface area (Å²) in [6, 6.07) is 8.44. The average Bonchev–Trinajstić information content (AvgIpc) is 2.97. The van der Waals surface area contributed by atoms with Crippen molar-refractivity contribution in [2.24, 2.45) is 7.05 Å². The Hall–Kier alpha value is -1.91. The molecule has 0 aliphatic heterocycles. The van der Waals surface area contributed by atoms with Gasteiger partial charge in [-0.25, -0.2) is 0 Å². The summed E-state index contributed by atoms with van der Waals surface area (Å²) < 4.78 is 7.04. The first kappa shape index (κ1) is 13.1. The zero-order chi connectivity index (χ0) is 14.3. The third-order valence-corrected chi connectivity index (χ3v) is 3.81. The number of nitrogens with one attached hydrogen (secondary N) is 1. The Balaban J connectivity index is 1.90. The number of rotatable bonds is 2. The highest BCUT2D eigenvalue weighted by molar-refractivity contribution is 6.42. The zero-order valence-corrected chi connectivity index (χ0v) is 12.0. The molecule has 0 aliphatic rings. The Morgan fingerprint density at radius 3 is 2.70 bits per heavy atom. The fourth-order valence-electron chi connectivity index (χ4n) is 2.04. The van der Waals surface area contributed by atoms with Crippen molar-refractivity contribution in [2.75, 3.05) is 5.32 Å². The summed E-state index contributed by atoms with van der Waals surface area (Å²) >= 11 is 11.8. The van der Waals surface area contributed by atoms with Gasteiger partial charge in [-0.1, -0.05) is 23.2 Å². The number of benzene rings is 1. The van der Waals surface area contributed by atoms with Crippen molar-refractivity contribution in [2.45, 2.75) is 0 Å². The first-order chi connectivity index (χ1) is 9.56. The van der Waals surface area contributed by atoms with Crippen LogP contribution >= 0.6 is 23.2 Å². The molecule has 1 amide bonds. The van der Waals surface area contributed by atoms with E-state index in [-0.39, 0.29) is 5.91 Å². The minimum Gasteiger partial charge on any atom is -0.463 e. The number of carbonyl (C=O) groups is 1. The molecule has 0 atom stereocenters. The smallest absolute Gasteiger partial charge is 0.272 e. The predicted molar refractivity (Wildman–Crippen MR) is 79.6 cm³/mol. The number of halogens is 2. The molecule has 6 heteroatoms. The molecule has 0 saturated heterocycles. The molecule has 0 bridgehead atoms. The van der Waals surface area contributed by atoms with Crippen LogP contribution in [0.15, 0.2) is 41.0 Å². The van der Waals surface area contributed by atoms with Crippen LogP contribution < -0.4 is 5.32 Å². The lowest BCUT2D eigenvalue weighted by Gasteiger charge is -2.07. The first-order valence-electron chi connectivity index (χ1n) is 5.85. The molecule has 1 aromatic carbocycles. The van der Waals surface area contributed by atoms with Crippen LogP contribution in [0.5, 0.6) is 0 Å². The van der Waals surface area contributed by atoms with E-state index in [1.807, 2.05) is 13.1 Å². The number of anilines is 1. The summed E-state index contributed by atoms with van der Waals surface area (Å²) in [5.74, 6) is -0.239. The molecule has 0 unspecified atom stereocenters. The third kappa shape index (κ3) is 2.17.